The van der Waals surface area contributed by atoms with Gasteiger partial charge < -0.3 is 24.5 Å². The van der Waals surface area contributed by atoms with Gasteiger partial charge in [-0.05, 0) is 80.1 Å². The van der Waals surface area contributed by atoms with Gasteiger partial charge in [0.2, 0.25) is 0 Å². The Morgan fingerprint density at radius 3 is 2.34 bits per heavy atom. The van der Waals surface area contributed by atoms with Gasteiger partial charge in [-0.1, -0.05) is 59.6 Å². The van der Waals surface area contributed by atoms with E-state index in [0.29, 0.717) is 38.2 Å². The second-order valence-electron chi connectivity index (χ2n) is 12.9. The molecular formula is C37H39Cl2N3O7S. The molecule has 4 aromatic rings. The molecule has 3 aliphatic heterocycles. The first-order valence-corrected chi connectivity index (χ1v) is 18.0. The molecule has 0 radical (unpaired) electrons. The zero-order valence-electron chi connectivity index (χ0n) is 28.0. The van der Waals surface area contributed by atoms with Crippen molar-refractivity contribution in [2.24, 2.45) is 5.92 Å². The first kappa shape index (κ1) is 35.9. The van der Waals surface area contributed by atoms with Crippen LogP contribution >= 0.6 is 34.5 Å². The molecule has 3 aliphatic rings. The first-order chi connectivity index (χ1) is 24.0. The molecule has 3 saturated heterocycles. The number of nitrogens with one attached hydrogen (secondary N) is 1. The van der Waals surface area contributed by atoms with Crippen molar-refractivity contribution < 1.29 is 33.6 Å². The average molecular weight is 741 g/mol. The third-order valence-corrected chi connectivity index (χ3v) is 11.7. The van der Waals surface area contributed by atoms with E-state index in [0.717, 1.165) is 54.9 Å². The number of rotatable bonds is 13. The minimum atomic E-state index is -1.21. The van der Waals surface area contributed by atoms with Gasteiger partial charge in [-0.25, -0.2) is 9.59 Å². The predicted molar refractivity (Wildman–Crippen MR) is 191 cm³/mol. The standard InChI is InChI=1S/C37H39Cl2N3O7S/c1-37(24-7-5-4-6-8-24,36(45)49-33-21-41-13-11-22(33)12-14-41)40-18-25-16-27(34(50-25)35(43)44)26(17-28-29(38)19-42(46)20-30(28)39)23-9-10-31(47-2)32(15-23)48-3/h4-10,15-16,19-20,22,26,33,40H,11-14,17-18,21H2,1-3H3,(H,43,44)/t26-,33-,37?/m0/s1. The highest BCUT2D eigenvalue weighted by Gasteiger charge is 2.42. The molecule has 0 saturated carbocycles. The second kappa shape index (κ2) is 15.2. The summed E-state index contributed by atoms with van der Waals surface area (Å²) in [5.41, 5.74) is 1.28. The van der Waals surface area contributed by atoms with Crippen LogP contribution in [0.3, 0.4) is 0 Å². The van der Waals surface area contributed by atoms with Crippen LogP contribution in [0.15, 0.2) is 67.0 Å². The molecule has 1 unspecified atom stereocenters. The Kier molecular flexibility index (Phi) is 10.9. The van der Waals surface area contributed by atoms with E-state index >= 15 is 0 Å². The summed E-state index contributed by atoms with van der Waals surface area (Å²) in [5.74, 6) is -0.711. The first-order valence-electron chi connectivity index (χ1n) is 16.4. The fourth-order valence-electron chi connectivity index (χ4n) is 7.01. The maximum absolute atomic E-state index is 14.0. The van der Waals surface area contributed by atoms with Gasteiger partial charge in [-0.2, -0.15) is 4.73 Å². The summed E-state index contributed by atoms with van der Waals surface area (Å²) in [5, 5.41) is 26.3. The number of piperidine rings is 3. The summed E-state index contributed by atoms with van der Waals surface area (Å²) in [6.45, 7) is 4.80. The number of hydrogen-bond acceptors (Lipinski definition) is 9. The van der Waals surface area contributed by atoms with Crippen molar-refractivity contribution in [1.29, 1.82) is 0 Å². The number of carbonyl (C=O) groups is 2. The fourth-order valence-corrected chi connectivity index (χ4v) is 8.60. The summed E-state index contributed by atoms with van der Waals surface area (Å²) >= 11 is 14.2. The van der Waals surface area contributed by atoms with Crippen LogP contribution in [0.5, 0.6) is 11.5 Å². The number of ether oxygens (including phenoxy) is 3. The number of carbonyl (C=O) groups excluding carboxylic acids is 1. The maximum atomic E-state index is 14.0. The number of nitrogens with zero attached hydrogens (tertiary/aromatic N) is 2. The quantitative estimate of drug-likeness (QED) is 0.0908. The van der Waals surface area contributed by atoms with Gasteiger partial charge in [0.05, 0.1) is 14.2 Å². The molecule has 2 aromatic carbocycles. The van der Waals surface area contributed by atoms with Gasteiger partial charge in [-0.15, -0.1) is 11.3 Å². The van der Waals surface area contributed by atoms with Crippen LogP contribution in [-0.4, -0.2) is 61.9 Å². The average Bonchev–Trinajstić information content (AvgIpc) is 3.55. The summed E-state index contributed by atoms with van der Waals surface area (Å²) in [4.78, 5) is 30.0. The number of carboxylic acid groups (broad SMARTS) is 1. The number of pyridine rings is 1. The summed E-state index contributed by atoms with van der Waals surface area (Å²) in [6, 6.07) is 16.6. The summed E-state index contributed by atoms with van der Waals surface area (Å²) in [6.07, 6.45) is 4.48. The van der Waals surface area contributed by atoms with Gasteiger partial charge in [0, 0.05) is 29.4 Å². The Morgan fingerprint density at radius 2 is 1.74 bits per heavy atom. The number of fused-ring (bicyclic) bond motifs is 3. The zero-order valence-corrected chi connectivity index (χ0v) is 30.3. The zero-order chi connectivity index (χ0) is 35.6. The molecule has 5 heterocycles. The number of benzene rings is 2. The van der Waals surface area contributed by atoms with Crippen LogP contribution in [-0.2, 0) is 28.0 Å². The molecule has 13 heteroatoms. The molecule has 2 N–H and O–H groups in total. The van der Waals surface area contributed by atoms with Gasteiger partial charge in [0.15, 0.2) is 23.9 Å². The highest BCUT2D eigenvalue weighted by molar-refractivity contribution is 7.14. The van der Waals surface area contributed by atoms with E-state index in [2.05, 4.69) is 10.2 Å². The van der Waals surface area contributed by atoms with Gasteiger partial charge in [0.1, 0.15) is 26.6 Å². The van der Waals surface area contributed by atoms with Crippen LogP contribution in [0.25, 0.3) is 0 Å². The number of thiophene rings is 1. The number of hydrogen-bond donors (Lipinski definition) is 2. The van der Waals surface area contributed by atoms with E-state index in [9.17, 15) is 19.9 Å². The molecule has 2 aromatic heterocycles. The second-order valence-corrected chi connectivity index (χ2v) is 14.8. The molecule has 264 valence electrons. The van der Waals surface area contributed by atoms with E-state index in [1.165, 1.54) is 26.6 Å². The highest BCUT2D eigenvalue weighted by Crippen LogP contribution is 2.41. The van der Waals surface area contributed by atoms with Crippen LogP contribution in [0.4, 0.5) is 0 Å². The molecule has 3 atom stereocenters. The minimum Gasteiger partial charge on any atom is -0.619 e. The van der Waals surface area contributed by atoms with Crippen LogP contribution in [0.1, 0.15) is 62.5 Å². The third kappa shape index (κ3) is 7.43. The van der Waals surface area contributed by atoms with Gasteiger partial charge in [-0.3, -0.25) is 10.2 Å². The number of halogens is 2. The van der Waals surface area contributed by atoms with Crippen LogP contribution < -0.4 is 19.5 Å². The van der Waals surface area contributed by atoms with Gasteiger partial charge in [0.25, 0.3) is 0 Å². The Balaban J connectivity index is 1.35. The molecule has 0 amide bonds. The van der Waals surface area contributed by atoms with E-state index in [-0.39, 0.29) is 40.0 Å². The molecule has 0 aliphatic carbocycles. The van der Waals surface area contributed by atoms with Crippen molar-refractivity contribution in [2.45, 2.75) is 50.3 Å². The third-order valence-electron chi connectivity index (χ3n) is 9.89. The van der Waals surface area contributed by atoms with E-state index in [4.69, 9.17) is 37.4 Å². The lowest BCUT2D eigenvalue weighted by Crippen LogP contribution is -2.55. The lowest BCUT2D eigenvalue weighted by Gasteiger charge is -2.45. The minimum absolute atomic E-state index is 0.125. The molecule has 10 nitrogen and oxygen atoms in total. The van der Waals surface area contributed by atoms with Crippen molar-refractivity contribution in [1.82, 2.24) is 10.2 Å². The van der Waals surface area contributed by atoms with E-state index in [1.807, 2.05) is 49.4 Å². The smallest absolute Gasteiger partial charge is 0.346 e. The highest BCUT2D eigenvalue weighted by atomic mass is 35.5. The van der Waals surface area contributed by atoms with Crippen molar-refractivity contribution in [3.8, 4) is 11.5 Å². The Labute approximate surface area is 305 Å². The Hall–Kier alpha value is -3.87. The SMILES string of the molecule is COc1ccc([C@H](Cc2c(Cl)c[n+]([O-])cc2Cl)c2cc(CNC(C)(C(=O)O[C@H]3CN4CCC3CC4)c3ccccc3)sc2C(=O)O)cc1OC. The molecule has 0 spiro atoms. The number of esters is 1. The van der Waals surface area contributed by atoms with Crippen LogP contribution in [0, 0.1) is 11.1 Å². The molecule has 2 bridgehead atoms. The van der Waals surface area contributed by atoms with E-state index in [1.54, 1.807) is 12.1 Å². The number of aromatic nitrogens is 1. The molecular weight excluding hydrogens is 701 g/mol. The molecule has 3 fully saturated rings. The summed E-state index contributed by atoms with van der Waals surface area (Å²) < 4.78 is 17.8. The summed E-state index contributed by atoms with van der Waals surface area (Å²) in [7, 11) is 3.06. The van der Waals surface area contributed by atoms with Crippen molar-refractivity contribution >= 4 is 46.5 Å². The largest absolute Gasteiger partial charge is 0.619 e. The molecule has 7 rings (SSSR count). The van der Waals surface area contributed by atoms with Crippen LogP contribution in [0.2, 0.25) is 10.0 Å². The molecule has 50 heavy (non-hydrogen) atoms. The maximum Gasteiger partial charge on any atom is 0.346 e. The lowest BCUT2D eigenvalue weighted by molar-refractivity contribution is -0.605. The van der Waals surface area contributed by atoms with Crippen molar-refractivity contribution in [3.05, 3.63) is 114 Å². The lowest BCUT2D eigenvalue weighted by atomic mass is 9.85. The normalized spacial score (nSPS) is 20.1. The fraction of sp³-hybridized carbons (Fsp3) is 0.378. The monoisotopic (exact) mass is 739 g/mol. The van der Waals surface area contributed by atoms with E-state index < -0.39 is 17.4 Å². The van der Waals surface area contributed by atoms with Crippen molar-refractivity contribution in [2.75, 3.05) is 33.9 Å². The number of aromatic carboxylic acids is 1. The predicted octanol–water partition coefficient (Wildman–Crippen LogP) is 6.42. The van der Waals surface area contributed by atoms with Crippen molar-refractivity contribution in [3.63, 3.8) is 0 Å². The Morgan fingerprint density at radius 1 is 1.06 bits per heavy atom. The topological polar surface area (TPSA) is 124 Å². The van der Waals surface area contributed by atoms with Gasteiger partial charge >= 0.3 is 11.9 Å². The number of methoxy groups -OCH3 is 2. The number of carboxylic acids is 1. The Bertz CT molecular complexity index is 1840.